The Morgan fingerprint density at radius 2 is 2.05 bits per heavy atom. The lowest BCUT2D eigenvalue weighted by molar-refractivity contribution is 0.379. The average molecular weight is 299 g/mol. The Balaban J connectivity index is 2.81. The van der Waals surface area contributed by atoms with Gasteiger partial charge in [-0.3, -0.25) is 0 Å². The fourth-order valence-electron chi connectivity index (χ4n) is 1.72. The van der Waals surface area contributed by atoms with Gasteiger partial charge in [-0.15, -0.1) is 0 Å². The number of aromatic nitrogens is 1. The predicted molar refractivity (Wildman–Crippen MR) is 80.9 cm³/mol. The van der Waals surface area contributed by atoms with E-state index in [1.807, 2.05) is 19.9 Å². The van der Waals surface area contributed by atoms with Gasteiger partial charge in [0.25, 0.3) is 10.0 Å². The van der Waals surface area contributed by atoms with E-state index in [1.54, 1.807) is 19.3 Å². The van der Waals surface area contributed by atoms with Crippen molar-refractivity contribution < 1.29 is 8.42 Å². The lowest BCUT2D eigenvalue weighted by Gasteiger charge is -2.22. The summed E-state index contributed by atoms with van der Waals surface area (Å²) in [7, 11) is -1.89. The van der Waals surface area contributed by atoms with E-state index in [0.717, 1.165) is 24.9 Å². The number of hydrogen-bond donors (Lipinski definition) is 1. The molecule has 0 spiro atoms. The first kappa shape index (κ1) is 17.1. The lowest BCUT2D eigenvalue weighted by atomic mass is 10.3. The van der Waals surface area contributed by atoms with Crippen LogP contribution in [0.3, 0.4) is 0 Å². The monoisotopic (exact) mass is 299 g/mol. The first-order chi connectivity index (χ1) is 9.43. The Morgan fingerprint density at radius 1 is 1.35 bits per heavy atom. The highest BCUT2D eigenvalue weighted by Gasteiger charge is 2.25. The van der Waals surface area contributed by atoms with Gasteiger partial charge in [-0.05, 0) is 37.9 Å². The number of pyridine rings is 1. The van der Waals surface area contributed by atoms with Crippen molar-refractivity contribution in [3.63, 3.8) is 0 Å². The summed E-state index contributed by atoms with van der Waals surface area (Å²) in [5.41, 5.74) is 0.989. The van der Waals surface area contributed by atoms with Gasteiger partial charge in [0.2, 0.25) is 0 Å². The molecule has 1 aromatic heterocycles. The molecular formula is C14H25N3O2S. The molecule has 0 aromatic carbocycles. The predicted octanol–water partition coefficient (Wildman–Crippen LogP) is 2.00. The molecule has 1 atom stereocenters. The van der Waals surface area contributed by atoms with E-state index in [-0.39, 0.29) is 11.1 Å². The van der Waals surface area contributed by atoms with Crippen molar-refractivity contribution in [1.82, 2.24) is 14.6 Å². The van der Waals surface area contributed by atoms with Crippen molar-refractivity contribution in [2.75, 3.05) is 13.6 Å². The normalized spacial score (nSPS) is 13.7. The van der Waals surface area contributed by atoms with Gasteiger partial charge in [0.1, 0.15) is 0 Å². The van der Waals surface area contributed by atoms with Crippen molar-refractivity contribution in [2.45, 2.75) is 51.2 Å². The summed E-state index contributed by atoms with van der Waals surface area (Å²) in [5.74, 6) is 0. The highest BCUT2D eigenvalue weighted by Crippen LogP contribution is 2.16. The second kappa shape index (κ2) is 7.71. The Morgan fingerprint density at radius 3 is 2.55 bits per heavy atom. The van der Waals surface area contributed by atoms with Crippen LogP contribution in [0.25, 0.3) is 0 Å². The summed E-state index contributed by atoms with van der Waals surface area (Å²) in [6.07, 6.45) is 3.47. The minimum Gasteiger partial charge on any atom is -0.313 e. The van der Waals surface area contributed by atoms with Crippen LogP contribution in [0.15, 0.2) is 23.4 Å². The van der Waals surface area contributed by atoms with Crippen LogP contribution in [0.5, 0.6) is 0 Å². The molecule has 0 saturated heterocycles. The largest absolute Gasteiger partial charge is 0.313 e. The minimum absolute atomic E-state index is 0.0345. The Kier molecular flexibility index (Phi) is 6.58. The maximum Gasteiger partial charge on any atom is 0.260 e. The van der Waals surface area contributed by atoms with Crippen molar-refractivity contribution in [3.8, 4) is 0 Å². The van der Waals surface area contributed by atoms with Gasteiger partial charge >= 0.3 is 0 Å². The van der Waals surface area contributed by atoms with Crippen LogP contribution >= 0.6 is 0 Å². The van der Waals surface area contributed by atoms with Gasteiger partial charge in [0.05, 0.1) is 0 Å². The van der Waals surface area contributed by atoms with E-state index < -0.39 is 10.0 Å². The Hall–Kier alpha value is -0.980. The fourth-order valence-corrected chi connectivity index (χ4v) is 3.06. The lowest BCUT2D eigenvalue weighted by Crippen LogP contribution is -2.35. The van der Waals surface area contributed by atoms with Gasteiger partial charge in [-0.1, -0.05) is 19.9 Å². The zero-order chi connectivity index (χ0) is 15.2. The molecule has 5 nitrogen and oxygen atoms in total. The van der Waals surface area contributed by atoms with Crippen LogP contribution in [-0.4, -0.2) is 37.3 Å². The molecule has 6 heteroatoms. The zero-order valence-corrected chi connectivity index (χ0v) is 13.6. The molecule has 0 aliphatic heterocycles. The molecule has 1 heterocycles. The molecule has 1 unspecified atom stereocenters. The smallest absolute Gasteiger partial charge is 0.260 e. The van der Waals surface area contributed by atoms with Crippen LogP contribution in [0, 0.1) is 0 Å². The van der Waals surface area contributed by atoms with Gasteiger partial charge in [0, 0.05) is 25.8 Å². The van der Waals surface area contributed by atoms with Crippen molar-refractivity contribution in [2.24, 2.45) is 0 Å². The average Bonchev–Trinajstić information content (AvgIpc) is 2.46. The van der Waals surface area contributed by atoms with Crippen molar-refractivity contribution >= 4 is 10.0 Å². The summed E-state index contributed by atoms with van der Waals surface area (Å²) in [6.45, 7) is 7.61. The quantitative estimate of drug-likeness (QED) is 0.746. The maximum atomic E-state index is 12.4. The van der Waals surface area contributed by atoms with Crippen molar-refractivity contribution in [3.05, 3.63) is 23.9 Å². The molecule has 1 N–H and O–H groups in total. The van der Waals surface area contributed by atoms with Gasteiger partial charge in [-0.2, -0.15) is 4.31 Å². The molecule has 20 heavy (non-hydrogen) atoms. The number of nitrogens with zero attached hydrogens (tertiary/aromatic N) is 2. The van der Waals surface area contributed by atoms with E-state index in [2.05, 4.69) is 17.2 Å². The number of hydrogen-bond acceptors (Lipinski definition) is 4. The van der Waals surface area contributed by atoms with E-state index in [4.69, 9.17) is 0 Å². The molecule has 0 aliphatic rings. The third-order valence-corrected chi connectivity index (χ3v) is 5.30. The zero-order valence-electron chi connectivity index (χ0n) is 12.8. The highest BCUT2D eigenvalue weighted by atomic mass is 32.2. The van der Waals surface area contributed by atoms with Gasteiger partial charge < -0.3 is 5.32 Å². The molecular weight excluding hydrogens is 274 g/mol. The molecule has 0 radical (unpaired) electrons. The van der Waals surface area contributed by atoms with Crippen LogP contribution < -0.4 is 5.32 Å². The van der Waals surface area contributed by atoms with Crippen molar-refractivity contribution in [1.29, 1.82) is 0 Å². The second-order valence-electron chi connectivity index (χ2n) is 4.96. The molecule has 0 bridgehead atoms. The first-order valence-corrected chi connectivity index (χ1v) is 8.51. The number of rotatable bonds is 8. The van der Waals surface area contributed by atoms with Crippen LogP contribution in [-0.2, 0) is 16.6 Å². The SMILES string of the molecule is CCCNCc1ccc(S(=O)(=O)N(C)C(C)CC)nc1. The maximum absolute atomic E-state index is 12.4. The van der Waals surface area contributed by atoms with E-state index >= 15 is 0 Å². The first-order valence-electron chi connectivity index (χ1n) is 7.07. The highest BCUT2D eigenvalue weighted by molar-refractivity contribution is 7.89. The molecule has 0 aliphatic carbocycles. The van der Waals surface area contributed by atoms with E-state index in [1.165, 1.54) is 4.31 Å². The molecule has 1 rings (SSSR count). The fraction of sp³-hybridized carbons (Fsp3) is 0.643. The molecule has 1 aromatic rings. The van der Waals surface area contributed by atoms with Gasteiger partial charge in [-0.25, -0.2) is 13.4 Å². The summed E-state index contributed by atoms with van der Waals surface area (Å²) in [6, 6.07) is 3.36. The molecule has 0 amide bonds. The van der Waals surface area contributed by atoms with Crippen LogP contribution in [0.1, 0.15) is 39.2 Å². The topological polar surface area (TPSA) is 62.3 Å². The van der Waals surface area contributed by atoms with Crippen LogP contribution in [0.2, 0.25) is 0 Å². The summed E-state index contributed by atoms with van der Waals surface area (Å²) < 4.78 is 26.1. The summed E-state index contributed by atoms with van der Waals surface area (Å²) in [4.78, 5) is 4.10. The molecule has 114 valence electrons. The summed E-state index contributed by atoms with van der Waals surface area (Å²) in [5, 5.41) is 3.37. The Labute approximate surface area is 122 Å². The Bertz CT molecular complexity index is 500. The van der Waals surface area contributed by atoms with E-state index in [0.29, 0.717) is 6.54 Å². The van der Waals surface area contributed by atoms with Gasteiger partial charge in [0.15, 0.2) is 5.03 Å². The molecule has 0 fully saturated rings. The minimum atomic E-state index is -3.49. The number of nitrogens with one attached hydrogen (secondary N) is 1. The summed E-state index contributed by atoms with van der Waals surface area (Å²) >= 11 is 0. The second-order valence-corrected chi connectivity index (χ2v) is 6.90. The third-order valence-electron chi connectivity index (χ3n) is 3.41. The van der Waals surface area contributed by atoms with E-state index in [9.17, 15) is 8.42 Å². The van der Waals surface area contributed by atoms with Crippen LogP contribution in [0.4, 0.5) is 0 Å². The number of sulfonamides is 1. The standard InChI is InChI=1S/C14H25N3O2S/c1-5-9-15-10-13-7-8-14(16-11-13)20(18,19)17(4)12(3)6-2/h7-8,11-12,15H,5-6,9-10H2,1-4H3. The molecule has 0 saturated carbocycles. The third kappa shape index (κ3) is 4.26.